The minimum absolute atomic E-state index is 0.0908. The van der Waals surface area contributed by atoms with E-state index in [9.17, 15) is 9.59 Å². The van der Waals surface area contributed by atoms with Crippen LogP contribution >= 0.6 is 0 Å². The lowest BCUT2D eigenvalue weighted by atomic mass is 9.47. The van der Waals surface area contributed by atoms with E-state index in [1.807, 2.05) is 30.3 Å². The van der Waals surface area contributed by atoms with Gasteiger partial charge in [0, 0.05) is 11.5 Å². The zero-order chi connectivity index (χ0) is 18.5. The molecule has 0 heterocycles. The van der Waals surface area contributed by atoms with E-state index >= 15 is 0 Å². The number of carbonyl (C=O) groups is 2. The normalized spacial score (nSPS) is 35.2. The summed E-state index contributed by atoms with van der Waals surface area (Å²) in [6.07, 6.45) is 4.77. The number of rotatable bonds is 5. The molecule has 0 aliphatic heterocycles. The van der Waals surface area contributed by atoms with Crippen LogP contribution in [0.25, 0.3) is 0 Å². The summed E-state index contributed by atoms with van der Waals surface area (Å²) in [5.41, 5.74) is 4.47. The van der Waals surface area contributed by atoms with Crippen LogP contribution in [-0.4, -0.2) is 23.5 Å². The van der Waals surface area contributed by atoms with Crippen LogP contribution in [0, 0.1) is 23.2 Å². The van der Waals surface area contributed by atoms with E-state index < -0.39 is 5.60 Å². The smallest absolute Gasteiger partial charge is 0.263 e. The molecule has 0 aromatic heterocycles. The number of carbonyl (C=O) groups excluding carboxylic acids is 2. The van der Waals surface area contributed by atoms with Crippen LogP contribution in [0.4, 0.5) is 0 Å². The lowest BCUT2D eigenvalue weighted by Crippen LogP contribution is -2.63. The number of hydrogen-bond donors (Lipinski definition) is 2. The predicted octanol–water partition coefficient (Wildman–Crippen LogP) is 2.64. The molecule has 140 valence electrons. The van der Waals surface area contributed by atoms with Crippen molar-refractivity contribution in [1.82, 2.24) is 5.32 Å². The number of amides is 2. The summed E-state index contributed by atoms with van der Waals surface area (Å²) in [6, 6.07) is 9.55. The molecule has 5 rings (SSSR count). The number of para-hydroxylation sites is 1. The van der Waals surface area contributed by atoms with Crippen LogP contribution in [0.1, 0.15) is 46.0 Å². The van der Waals surface area contributed by atoms with Gasteiger partial charge >= 0.3 is 0 Å². The summed E-state index contributed by atoms with van der Waals surface area (Å²) in [5, 5.41) is 3.26. The van der Waals surface area contributed by atoms with Crippen molar-refractivity contribution in [3.05, 3.63) is 30.3 Å². The Balaban J connectivity index is 1.46. The van der Waals surface area contributed by atoms with Crippen LogP contribution in [0.15, 0.2) is 30.3 Å². The fourth-order valence-electron chi connectivity index (χ4n) is 5.72. The molecule has 5 heteroatoms. The van der Waals surface area contributed by atoms with Gasteiger partial charge in [0.05, 0.1) is 0 Å². The molecule has 4 bridgehead atoms. The molecular weight excluding hydrogens is 328 g/mol. The van der Waals surface area contributed by atoms with E-state index in [0.29, 0.717) is 23.5 Å². The molecule has 0 radical (unpaired) electrons. The van der Waals surface area contributed by atoms with Crippen molar-refractivity contribution < 1.29 is 14.3 Å². The van der Waals surface area contributed by atoms with Gasteiger partial charge in [0.1, 0.15) is 5.75 Å². The summed E-state index contributed by atoms with van der Waals surface area (Å²) >= 11 is 0. The van der Waals surface area contributed by atoms with Gasteiger partial charge in [-0.1, -0.05) is 18.2 Å². The van der Waals surface area contributed by atoms with Crippen LogP contribution in [0.2, 0.25) is 0 Å². The Bertz CT molecular complexity index is 699. The molecular formula is C21H28N2O3. The van der Waals surface area contributed by atoms with Crippen LogP contribution in [0.5, 0.6) is 5.75 Å². The van der Waals surface area contributed by atoms with Gasteiger partial charge in [0.2, 0.25) is 5.91 Å². The summed E-state index contributed by atoms with van der Waals surface area (Å²) in [5.74, 6) is 1.74. The topological polar surface area (TPSA) is 81.4 Å². The first-order valence-electron chi connectivity index (χ1n) is 9.64. The third-order valence-corrected chi connectivity index (χ3v) is 6.76. The van der Waals surface area contributed by atoms with Crippen molar-refractivity contribution >= 4 is 11.8 Å². The highest BCUT2D eigenvalue weighted by atomic mass is 16.5. The van der Waals surface area contributed by atoms with Gasteiger partial charge in [-0.3, -0.25) is 9.59 Å². The average molecular weight is 356 g/mol. The van der Waals surface area contributed by atoms with Crippen molar-refractivity contribution in [3.63, 3.8) is 0 Å². The van der Waals surface area contributed by atoms with E-state index in [-0.39, 0.29) is 23.3 Å². The lowest BCUT2D eigenvalue weighted by Gasteiger charge is -2.59. The molecule has 26 heavy (non-hydrogen) atoms. The molecule has 3 N–H and O–H groups in total. The second-order valence-electron chi connectivity index (χ2n) is 9.04. The Morgan fingerprint density at radius 1 is 1.12 bits per heavy atom. The molecule has 5 nitrogen and oxygen atoms in total. The zero-order valence-corrected chi connectivity index (χ0v) is 15.5. The molecule has 5 atom stereocenters. The van der Waals surface area contributed by atoms with E-state index in [0.717, 1.165) is 32.1 Å². The Hall–Kier alpha value is -2.04. The Morgan fingerprint density at radius 2 is 1.73 bits per heavy atom. The Kier molecular flexibility index (Phi) is 4.01. The third kappa shape index (κ3) is 2.87. The van der Waals surface area contributed by atoms with E-state index in [1.165, 1.54) is 0 Å². The maximum Gasteiger partial charge on any atom is 0.263 e. The third-order valence-electron chi connectivity index (χ3n) is 6.76. The van der Waals surface area contributed by atoms with Crippen molar-refractivity contribution in [2.24, 2.45) is 28.9 Å². The SMILES string of the molecule is CC(C)(Oc1ccccc1)C(=O)NC1C2CC3C[C@@H]1CC(C(N)=O)(C3)C2. The largest absolute Gasteiger partial charge is 0.478 e. The molecule has 4 unspecified atom stereocenters. The van der Waals surface area contributed by atoms with Crippen molar-refractivity contribution in [2.45, 2.75) is 57.6 Å². The van der Waals surface area contributed by atoms with E-state index in [1.54, 1.807) is 13.8 Å². The highest BCUT2D eigenvalue weighted by Gasteiger charge is 2.58. The first-order chi connectivity index (χ1) is 12.3. The van der Waals surface area contributed by atoms with Gasteiger partial charge in [0.25, 0.3) is 5.91 Å². The zero-order valence-electron chi connectivity index (χ0n) is 15.5. The Morgan fingerprint density at radius 3 is 2.31 bits per heavy atom. The molecule has 0 saturated heterocycles. The molecule has 2 amide bonds. The summed E-state index contributed by atoms with van der Waals surface area (Å²) in [7, 11) is 0. The molecule has 4 aliphatic carbocycles. The second kappa shape index (κ2) is 6.00. The quantitative estimate of drug-likeness (QED) is 0.851. The average Bonchev–Trinajstić information content (AvgIpc) is 2.57. The maximum absolute atomic E-state index is 12.9. The van der Waals surface area contributed by atoms with Gasteiger partial charge in [-0.15, -0.1) is 0 Å². The molecule has 1 aromatic rings. The van der Waals surface area contributed by atoms with Crippen molar-refractivity contribution in [2.75, 3.05) is 0 Å². The minimum atomic E-state index is -0.947. The monoisotopic (exact) mass is 356 g/mol. The fourth-order valence-corrected chi connectivity index (χ4v) is 5.72. The molecule has 4 fully saturated rings. The Labute approximate surface area is 154 Å². The van der Waals surface area contributed by atoms with Gasteiger partial charge < -0.3 is 15.8 Å². The van der Waals surface area contributed by atoms with Gasteiger partial charge in [-0.25, -0.2) is 0 Å². The first-order valence-corrected chi connectivity index (χ1v) is 9.64. The van der Waals surface area contributed by atoms with Gasteiger partial charge in [-0.2, -0.15) is 0 Å². The number of primary amides is 1. The van der Waals surface area contributed by atoms with Gasteiger partial charge in [0.15, 0.2) is 5.60 Å². The number of ether oxygens (including phenoxy) is 1. The van der Waals surface area contributed by atoms with Crippen molar-refractivity contribution in [1.29, 1.82) is 0 Å². The van der Waals surface area contributed by atoms with Crippen molar-refractivity contribution in [3.8, 4) is 5.75 Å². The molecule has 4 saturated carbocycles. The first kappa shape index (κ1) is 17.4. The molecule has 0 spiro atoms. The van der Waals surface area contributed by atoms with Gasteiger partial charge in [-0.05, 0) is 75.8 Å². The predicted molar refractivity (Wildman–Crippen MR) is 98.3 cm³/mol. The van der Waals surface area contributed by atoms with Crippen LogP contribution in [0.3, 0.4) is 0 Å². The standard InChI is InChI=1S/C21H28N2O3/c1-20(2,26-16-6-4-3-5-7-16)19(25)23-17-14-8-13-9-15(17)12-21(10-13,11-14)18(22)24/h3-7,13-15,17H,8-12H2,1-2H3,(H2,22,24)(H,23,25)/t13?,14-,15?,17?,21?/m1/s1. The molecule has 1 aromatic carbocycles. The number of nitrogens with two attached hydrogens (primary N) is 1. The maximum atomic E-state index is 12.9. The van der Waals surface area contributed by atoms with Crippen LogP contribution < -0.4 is 15.8 Å². The highest BCUT2D eigenvalue weighted by molar-refractivity contribution is 5.85. The summed E-state index contributed by atoms with van der Waals surface area (Å²) < 4.78 is 5.93. The highest BCUT2D eigenvalue weighted by Crippen LogP contribution is 2.59. The van der Waals surface area contributed by atoms with Crippen LogP contribution in [-0.2, 0) is 9.59 Å². The minimum Gasteiger partial charge on any atom is -0.478 e. The number of benzene rings is 1. The fraction of sp³-hybridized carbons (Fsp3) is 0.619. The van der Waals surface area contributed by atoms with E-state index in [2.05, 4.69) is 5.32 Å². The van der Waals surface area contributed by atoms with E-state index in [4.69, 9.17) is 10.5 Å². The summed E-state index contributed by atoms with van der Waals surface area (Å²) in [4.78, 5) is 25.0. The second-order valence-corrected chi connectivity index (χ2v) is 9.04. The summed E-state index contributed by atoms with van der Waals surface area (Å²) in [6.45, 7) is 3.60. The molecule has 4 aliphatic rings. The number of hydrogen-bond acceptors (Lipinski definition) is 3. The number of nitrogens with one attached hydrogen (secondary N) is 1. The lowest BCUT2D eigenvalue weighted by molar-refractivity contribution is -0.150.